The van der Waals surface area contributed by atoms with Crippen LogP contribution >= 0.6 is 11.6 Å². The van der Waals surface area contributed by atoms with E-state index in [0.717, 1.165) is 4.85 Å². The summed E-state index contributed by atoms with van der Waals surface area (Å²) in [6, 6.07) is 10.7. The predicted molar refractivity (Wildman–Crippen MR) is 88.0 cm³/mol. The molecule has 0 aliphatic heterocycles. The van der Waals surface area contributed by atoms with Crippen molar-refractivity contribution in [1.82, 2.24) is 24.5 Å². The highest BCUT2D eigenvalue weighted by molar-refractivity contribution is 6.30. The van der Waals surface area contributed by atoms with E-state index in [4.69, 9.17) is 16.4 Å². The first-order valence-electron chi connectivity index (χ1n) is 7.37. The molecule has 0 unspecified atom stereocenters. The molecule has 0 amide bonds. The van der Waals surface area contributed by atoms with Crippen molar-refractivity contribution in [1.29, 1.82) is 0 Å². The number of carbonyl (C=O) groups excluding carboxylic acids is 1. The number of benzene rings is 1. The number of para-hydroxylation sites is 1. The summed E-state index contributed by atoms with van der Waals surface area (Å²) >= 11 is 6.04. The second kappa shape index (κ2) is 5.61. The average molecular weight is 342 g/mol. The van der Waals surface area contributed by atoms with E-state index in [-0.39, 0.29) is 0 Å². The molecule has 0 radical (unpaired) electrons. The lowest BCUT2D eigenvalue weighted by atomic mass is 10.2. The Balaban J connectivity index is 1.79. The Bertz CT molecular complexity index is 1070. The second-order valence-corrected chi connectivity index (χ2v) is 5.60. The molecule has 0 aliphatic rings. The number of imidazole rings is 1. The van der Waals surface area contributed by atoms with Gasteiger partial charge in [0.05, 0.1) is 10.7 Å². The smallest absolute Gasteiger partial charge is 0.310 e. The standard InChI is InChI=1S/C16H12ClN5O2/c1-2-11-15(21-9-10(17)7-8-14(21)18-11)16(23)24-22-13-6-4-3-5-12(13)19-20-22/h3-9H,2H2,1H3. The van der Waals surface area contributed by atoms with Crippen LogP contribution in [0.25, 0.3) is 16.7 Å². The summed E-state index contributed by atoms with van der Waals surface area (Å²) in [5, 5.41) is 8.33. The zero-order chi connectivity index (χ0) is 16.7. The lowest BCUT2D eigenvalue weighted by Crippen LogP contribution is -2.23. The maximum absolute atomic E-state index is 12.7. The number of nitrogens with zero attached hydrogens (tertiary/aromatic N) is 5. The molecule has 7 nitrogen and oxygen atoms in total. The van der Waals surface area contributed by atoms with Crippen molar-refractivity contribution in [2.24, 2.45) is 0 Å². The maximum Gasteiger partial charge on any atom is 0.384 e. The Labute approximate surface area is 141 Å². The molecule has 120 valence electrons. The molecule has 0 bridgehead atoms. The number of aromatic nitrogens is 5. The number of aryl methyl sites for hydroxylation is 1. The SMILES string of the molecule is CCc1nc2ccc(Cl)cn2c1C(=O)On1nnc2ccccc21. The lowest BCUT2D eigenvalue weighted by molar-refractivity contribution is 0.0399. The van der Waals surface area contributed by atoms with Crippen LogP contribution in [0.3, 0.4) is 0 Å². The third-order valence-corrected chi connectivity index (χ3v) is 3.90. The van der Waals surface area contributed by atoms with Gasteiger partial charge in [-0.05, 0) is 35.9 Å². The van der Waals surface area contributed by atoms with Crippen LogP contribution in [0.1, 0.15) is 23.1 Å². The summed E-state index contributed by atoms with van der Waals surface area (Å²) in [6.07, 6.45) is 2.22. The summed E-state index contributed by atoms with van der Waals surface area (Å²) < 4.78 is 1.63. The fourth-order valence-corrected chi connectivity index (χ4v) is 2.73. The topological polar surface area (TPSA) is 74.3 Å². The fraction of sp³-hybridized carbons (Fsp3) is 0.125. The van der Waals surface area contributed by atoms with Crippen LogP contribution in [0, 0.1) is 0 Å². The fourth-order valence-electron chi connectivity index (χ4n) is 2.57. The van der Waals surface area contributed by atoms with Gasteiger partial charge in [0.15, 0.2) is 5.69 Å². The van der Waals surface area contributed by atoms with Crippen molar-refractivity contribution in [2.75, 3.05) is 0 Å². The first-order chi connectivity index (χ1) is 11.7. The number of fused-ring (bicyclic) bond motifs is 2. The van der Waals surface area contributed by atoms with Gasteiger partial charge in [0.2, 0.25) is 0 Å². The number of halogens is 1. The van der Waals surface area contributed by atoms with Gasteiger partial charge in [-0.3, -0.25) is 4.40 Å². The minimum absolute atomic E-state index is 0.328. The first kappa shape index (κ1) is 14.6. The highest BCUT2D eigenvalue weighted by Gasteiger charge is 2.22. The van der Waals surface area contributed by atoms with Crippen LogP contribution in [0.15, 0.2) is 42.6 Å². The second-order valence-electron chi connectivity index (χ2n) is 5.17. The molecular formula is C16H12ClN5O2. The molecule has 0 aliphatic carbocycles. The van der Waals surface area contributed by atoms with Crippen LogP contribution in [0.4, 0.5) is 0 Å². The third-order valence-electron chi connectivity index (χ3n) is 3.67. The van der Waals surface area contributed by atoms with Crippen molar-refractivity contribution in [2.45, 2.75) is 13.3 Å². The van der Waals surface area contributed by atoms with Gasteiger partial charge in [-0.2, -0.15) is 0 Å². The average Bonchev–Trinajstić information content (AvgIpc) is 3.16. The number of hydrogen-bond donors (Lipinski definition) is 0. The Hall–Kier alpha value is -2.93. The monoisotopic (exact) mass is 341 g/mol. The van der Waals surface area contributed by atoms with Crippen molar-refractivity contribution in [3.05, 3.63) is 59.0 Å². The van der Waals surface area contributed by atoms with Gasteiger partial charge in [0.1, 0.15) is 16.7 Å². The normalized spacial score (nSPS) is 11.2. The molecule has 3 aromatic heterocycles. The molecule has 0 saturated heterocycles. The highest BCUT2D eigenvalue weighted by atomic mass is 35.5. The van der Waals surface area contributed by atoms with E-state index in [1.807, 2.05) is 19.1 Å². The van der Waals surface area contributed by atoms with Crippen molar-refractivity contribution in [3.63, 3.8) is 0 Å². The molecule has 4 rings (SSSR count). The van der Waals surface area contributed by atoms with Crippen molar-refractivity contribution < 1.29 is 9.63 Å². The largest absolute Gasteiger partial charge is 0.384 e. The van der Waals surface area contributed by atoms with Gasteiger partial charge in [0.25, 0.3) is 0 Å². The molecule has 0 saturated carbocycles. The van der Waals surface area contributed by atoms with E-state index in [1.165, 1.54) is 0 Å². The van der Waals surface area contributed by atoms with E-state index < -0.39 is 5.97 Å². The lowest BCUT2D eigenvalue weighted by Gasteiger charge is -2.05. The molecule has 0 spiro atoms. The summed E-state index contributed by atoms with van der Waals surface area (Å²) in [7, 11) is 0. The van der Waals surface area contributed by atoms with Crippen LogP contribution in [-0.4, -0.2) is 30.5 Å². The van der Waals surface area contributed by atoms with Gasteiger partial charge in [0, 0.05) is 6.20 Å². The van der Waals surface area contributed by atoms with Crippen LogP contribution < -0.4 is 4.84 Å². The van der Waals surface area contributed by atoms with Gasteiger partial charge in [-0.15, -0.1) is 5.10 Å². The van der Waals surface area contributed by atoms with E-state index in [1.54, 1.807) is 34.9 Å². The molecule has 8 heteroatoms. The Morgan fingerprint density at radius 2 is 2.08 bits per heavy atom. The predicted octanol–water partition coefficient (Wildman–Crippen LogP) is 2.56. The zero-order valence-electron chi connectivity index (χ0n) is 12.7. The van der Waals surface area contributed by atoms with Crippen LogP contribution in [0.5, 0.6) is 0 Å². The van der Waals surface area contributed by atoms with Crippen LogP contribution in [-0.2, 0) is 6.42 Å². The minimum Gasteiger partial charge on any atom is -0.310 e. The summed E-state index contributed by atoms with van der Waals surface area (Å²) in [4.78, 5) is 23.7. The van der Waals surface area contributed by atoms with Gasteiger partial charge < -0.3 is 4.84 Å². The molecule has 0 atom stereocenters. The Morgan fingerprint density at radius 1 is 1.25 bits per heavy atom. The van der Waals surface area contributed by atoms with E-state index in [2.05, 4.69) is 15.3 Å². The molecule has 24 heavy (non-hydrogen) atoms. The van der Waals surface area contributed by atoms with E-state index in [0.29, 0.717) is 39.5 Å². The molecule has 1 aromatic carbocycles. The zero-order valence-corrected chi connectivity index (χ0v) is 13.4. The van der Waals surface area contributed by atoms with Gasteiger partial charge in [-0.1, -0.05) is 35.5 Å². The number of rotatable bonds is 3. The molecule has 4 aromatic rings. The summed E-state index contributed by atoms with van der Waals surface area (Å²) in [5.74, 6) is -0.572. The van der Waals surface area contributed by atoms with E-state index in [9.17, 15) is 4.79 Å². The molecule has 0 fully saturated rings. The minimum atomic E-state index is -0.572. The molecule has 0 N–H and O–H groups in total. The summed E-state index contributed by atoms with van der Waals surface area (Å²) in [5.41, 5.74) is 2.84. The van der Waals surface area contributed by atoms with E-state index >= 15 is 0 Å². The first-order valence-corrected chi connectivity index (χ1v) is 7.74. The Kier molecular flexibility index (Phi) is 3.42. The quantitative estimate of drug-likeness (QED) is 0.535. The van der Waals surface area contributed by atoms with Crippen molar-refractivity contribution >= 4 is 34.3 Å². The molecule has 3 heterocycles. The Morgan fingerprint density at radius 3 is 2.92 bits per heavy atom. The number of hydrogen-bond acceptors (Lipinski definition) is 5. The van der Waals surface area contributed by atoms with Crippen LogP contribution in [0.2, 0.25) is 5.02 Å². The van der Waals surface area contributed by atoms with Crippen molar-refractivity contribution in [3.8, 4) is 0 Å². The summed E-state index contributed by atoms with van der Waals surface area (Å²) in [6.45, 7) is 1.92. The maximum atomic E-state index is 12.7. The highest BCUT2D eigenvalue weighted by Crippen LogP contribution is 2.18. The van der Waals surface area contributed by atoms with Gasteiger partial charge in [-0.25, -0.2) is 9.78 Å². The number of pyridine rings is 1. The molecular weight excluding hydrogens is 330 g/mol. The third kappa shape index (κ3) is 2.30. The van der Waals surface area contributed by atoms with Gasteiger partial charge >= 0.3 is 5.97 Å². The number of carbonyl (C=O) groups is 1.